The smallest absolute Gasteiger partial charge is 0.338 e. The lowest BCUT2D eigenvalue weighted by Crippen LogP contribution is -2.00. The van der Waals surface area contributed by atoms with Crippen LogP contribution in [0, 0.1) is 0 Å². The zero-order chi connectivity index (χ0) is 12.0. The molecular formula is C10H17O5P. The lowest BCUT2D eigenvalue weighted by Gasteiger charge is -2.16. The van der Waals surface area contributed by atoms with Gasteiger partial charge in [0.2, 0.25) is 0 Å². The molecule has 1 aromatic heterocycles. The molecule has 92 valence electrons. The predicted molar refractivity (Wildman–Crippen MR) is 59.2 cm³/mol. The van der Waals surface area contributed by atoms with Gasteiger partial charge in [0.15, 0.2) is 0 Å². The first kappa shape index (κ1) is 13.5. The minimum atomic E-state index is -3.15. The van der Waals surface area contributed by atoms with Gasteiger partial charge in [0.1, 0.15) is 11.9 Å². The third-order valence-electron chi connectivity index (χ3n) is 2.00. The van der Waals surface area contributed by atoms with Crippen molar-refractivity contribution in [1.82, 2.24) is 0 Å². The SMILES string of the molecule is CCOP(=O)(Cc1occc1CO)OCC. The van der Waals surface area contributed by atoms with E-state index in [0.717, 1.165) is 0 Å². The number of hydrogen-bond donors (Lipinski definition) is 1. The zero-order valence-corrected chi connectivity index (χ0v) is 10.4. The summed E-state index contributed by atoms with van der Waals surface area (Å²) in [6.07, 6.45) is 1.50. The highest BCUT2D eigenvalue weighted by molar-refractivity contribution is 7.53. The maximum Gasteiger partial charge on any atom is 0.338 e. The Morgan fingerprint density at radius 1 is 1.38 bits per heavy atom. The molecule has 0 aliphatic heterocycles. The molecule has 0 fully saturated rings. The maximum absolute atomic E-state index is 12.2. The van der Waals surface area contributed by atoms with E-state index in [1.165, 1.54) is 6.26 Å². The van der Waals surface area contributed by atoms with E-state index in [1.807, 2.05) is 0 Å². The summed E-state index contributed by atoms with van der Waals surface area (Å²) >= 11 is 0. The molecule has 5 nitrogen and oxygen atoms in total. The van der Waals surface area contributed by atoms with Gasteiger partial charge in [-0.3, -0.25) is 4.57 Å². The van der Waals surface area contributed by atoms with Crippen LogP contribution in [0.4, 0.5) is 0 Å². The van der Waals surface area contributed by atoms with Crippen molar-refractivity contribution in [3.8, 4) is 0 Å². The van der Waals surface area contributed by atoms with Crippen LogP contribution in [0.2, 0.25) is 0 Å². The van der Waals surface area contributed by atoms with Crippen LogP contribution in [0.25, 0.3) is 0 Å². The highest BCUT2D eigenvalue weighted by Gasteiger charge is 2.27. The normalized spacial score (nSPS) is 11.9. The van der Waals surface area contributed by atoms with E-state index < -0.39 is 7.60 Å². The number of furan rings is 1. The minimum Gasteiger partial charge on any atom is -0.468 e. The second-order valence-electron chi connectivity index (χ2n) is 3.13. The van der Waals surface area contributed by atoms with Crippen molar-refractivity contribution in [2.45, 2.75) is 26.6 Å². The van der Waals surface area contributed by atoms with Gasteiger partial charge < -0.3 is 18.6 Å². The van der Waals surface area contributed by atoms with E-state index in [2.05, 4.69) is 0 Å². The average Bonchev–Trinajstić information content (AvgIpc) is 2.65. The Morgan fingerprint density at radius 3 is 2.50 bits per heavy atom. The molecule has 16 heavy (non-hydrogen) atoms. The van der Waals surface area contributed by atoms with Crippen LogP contribution in [-0.4, -0.2) is 18.3 Å². The molecule has 1 heterocycles. The van der Waals surface area contributed by atoms with E-state index in [-0.39, 0.29) is 12.8 Å². The monoisotopic (exact) mass is 248 g/mol. The van der Waals surface area contributed by atoms with Crippen LogP contribution in [-0.2, 0) is 26.4 Å². The third-order valence-corrected chi connectivity index (χ3v) is 3.97. The molecule has 0 saturated carbocycles. The first-order chi connectivity index (χ1) is 7.65. The molecular weight excluding hydrogens is 231 g/mol. The summed E-state index contributed by atoms with van der Waals surface area (Å²) in [5.41, 5.74) is 0.611. The van der Waals surface area contributed by atoms with Gasteiger partial charge in [0, 0.05) is 5.56 Å². The molecule has 0 atom stereocenters. The van der Waals surface area contributed by atoms with Crippen molar-refractivity contribution in [3.05, 3.63) is 23.7 Å². The molecule has 0 radical (unpaired) electrons. The van der Waals surface area contributed by atoms with Gasteiger partial charge >= 0.3 is 7.60 Å². The summed E-state index contributed by atoms with van der Waals surface area (Å²) < 4.78 is 27.6. The van der Waals surface area contributed by atoms with Gasteiger partial charge in [-0.15, -0.1) is 0 Å². The molecule has 0 aliphatic rings. The topological polar surface area (TPSA) is 68.9 Å². The molecule has 1 N–H and O–H groups in total. The largest absolute Gasteiger partial charge is 0.468 e. The quantitative estimate of drug-likeness (QED) is 0.751. The van der Waals surface area contributed by atoms with E-state index in [4.69, 9.17) is 18.6 Å². The second-order valence-corrected chi connectivity index (χ2v) is 5.19. The molecule has 1 aromatic rings. The number of aliphatic hydroxyl groups excluding tert-OH is 1. The Bertz CT molecular complexity index is 350. The fraction of sp³-hybridized carbons (Fsp3) is 0.600. The second kappa shape index (κ2) is 6.21. The Labute approximate surface area is 94.9 Å². The zero-order valence-electron chi connectivity index (χ0n) is 9.51. The highest BCUT2D eigenvalue weighted by atomic mass is 31.2. The Kier molecular flexibility index (Phi) is 5.22. The molecule has 6 heteroatoms. The van der Waals surface area contributed by atoms with Crippen molar-refractivity contribution >= 4 is 7.60 Å². The number of aliphatic hydroxyl groups is 1. The molecule has 0 spiro atoms. The fourth-order valence-electron chi connectivity index (χ4n) is 1.34. The first-order valence-corrected chi connectivity index (χ1v) is 6.92. The molecule has 0 aliphatic carbocycles. The Morgan fingerprint density at radius 2 is 2.00 bits per heavy atom. The van der Waals surface area contributed by atoms with Gasteiger partial charge in [-0.05, 0) is 19.9 Å². The van der Waals surface area contributed by atoms with Crippen LogP contribution in [0.3, 0.4) is 0 Å². The molecule has 0 amide bonds. The summed E-state index contributed by atoms with van der Waals surface area (Å²) in [6, 6.07) is 1.64. The molecule has 0 unspecified atom stereocenters. The number of rotatable bonds is 7. The van der Waals surface area contributed by atoms with Gasteiger partial charge in [-0.25, -0.2) is 0 Å². The average molecular weight is 248 g/mol. The van der Waals surface area contributed by atoms with E-state index >= 15 is 0 Å². The first-order valence-electron chi connectivity index (χ1n) is 5.19. The van der Waals surface area contributed by atoms with Gasteiger partial charge in [-0.1, -0.05) is 0 Å². The van der Waals surface area contributed by atoms with Crippen molar-refractivity contribution in [2.75, 3.05) is 13.2 Å². The summed E-state index contributed by atoms with van der Waals surface area (Å²) in [5.74, 6) is 0.452. The van der Waals surface area contributed by atoms with E-state index in [0.29, 0.717) is 24.5 Å². The Balaban J connectivity index is 2.79. The van der Waals surface area contributed by atoms with Crippen LogP contribution in [0.1, 0.15) is 25.2 Å². The molecule has 0 saturated heterocycles. The van der Waals surface area contributed by atoms with Gasteiger partial charge in [0.05, 0.1) is 26.1 Å². The molecule has 0 aromatic carbocycles. The van der Waals surface area contributed by atoms with Crippen LogP contribution in [0.5, 0.6) is 0 Å². The summed E-state index contributed by atoms with van der Waals surface area (Å²) in [7, 11) is -3.15. The lowest BCUT2D eigenvalue weighted by atomic mass is 10.3. The van der Waals surface area contributed by atoms with Crippen molar-refractivity contribution < 1.29 is 23.1 Å². The third kappa shape index (κ3) is 3.46. The standard InChI is InChI=1S/C10H17O5P/c1-3-14-16(12,15-4-2)8-10-9(7-11)5-6-13-10/h5-6,11H,3-4,7-8H2,1-2H3. The van der Waals surface area contributed by atoms with Crippen LogP contribution in [0.15, 0.2) is 16.7 Å². The fourth-order valence-corrected chi connectivity index (χ4v) is 3.02. The van der Waals surface area contributed by atoms with Crippen LogP contribution >= 0.6 is 7.60 Å². The predicted octanol–water partition coefficient (Wildman–Crippen LogP) is 2.54. The van der Waals surface area contributed by atoms with E-state index in [1.54, 1.807) is 19.9 Å². The van der Waals surface area contributed by atoms with Gasteiger partial charge in [0.25, 0.3) is 0 Å². The summed E-state index contributed by atoms with van der Waals surface area (Å²) in [4.78, 5) is 0. The summed E-state index contributed by atoms with van der Waals surface area (Å²) in [6.45, 7) is 3.98. The number of hydrogen-bond acceptors (Lipinski definition) is 5. The molecule has 0 bridgehead atoms. The maximum atomic E-state index is 12.2. The lowest BCUT2D eigenvalue weighted by molar-refractivity contribution is 0.216. The Hall–Kier alpha value is -0.610. The molecule has 1 rings (SSSR count). The summed E-state index contributed by atoms with van der Waals surface area (Å²) in [5, 5.41) is 9.03. The minimum absolute atomic E-state index is 0.0531. The van der Waals surface area contributed by atoms with E-state index in [9.17, 15) is 4.57 Å². The van der Waals surface area contributed by atoms with Crippen molar-refractivity contribution in [1.29, 1.82) is 0 Å². The van der Waals surface area contributed by atoms with Crippen molar-refractivity contribution in [2.24, 2.45) is 0 Å². The highest BCUT2D eigenvalue weighted by Crippen LogP contribution is 2.51. The van der Waals surface area contributed by atoms with Crippen molar-refractivity contribution in [3.63, 3.8) is 0 Å². The van der Waals surface area contributed by atoms with Crippen LogP contribution < -0.4 is 0 Å². The van der Waals surface area contributed by atoms with Gasteiger partial charge in [-0.2, -0.15) is 0 Å².